The molecule has 0 bridgehead atoms. The van der Waals surface area contributed by atoms with Crippen molar-refractivity contribution in [2.45, 2.75) is 13.5 Å². The summed E-state index contributed by atoms with van der Waals surface area (Å²) < 4.78 is 1.79. The van der Waals surface area contributed by atoms with E-state index in [-0.39, 0.29) is 12.3 Å². The Morgan fingerprint density at radius 2 is 1.88 bits per heavy atom. The van der Waals surface area contributed by atoms with Gasteiger partial charge in [-0.3, -0.25) is 4.79 Å². The fraction of sp³-hybridized carbons (Fsp3) is 0.154. The van der Waals surface area contributed by atoms with E-state index in [1.165, 1.54) is 0 Å². The fourth-order valence-corrected chi connectivity index (χ4v) is 1.80. The molecule has 0 unspecified atom stereocenters. The molecule has 0 amide bonds. The number of nitrogens with zero attached hydrogens (tertiary/aromatic N) is 1. The van der Waals surface area contributed by atoms with Crippen molar-refractivity contribution in [2.75, 3.05) is 5.73 Å². The number of hydrogen-bond acceptors (Lipinski definition) is 2. The number of carbonyl (C=O) groups excluding carboxylic acids is 1. The van der Waals surface area contributed by atoms with E-state index in [0.29, 0.717) is 16.4 Å². The van der Waals surface area contributed by atoms with Crippen LogP contribution in [0.25, 0.3) is 0 Å². The van der Waals surface area contributed by atoms with Gasteiger partial charge in [0.1, 0.15) is 5.82 Å². The Balaban J connectivity index is 2.20. The summed E-state index contributed by atoms with van der Waals surface area (Å²) in [6.45, 7) is 2.18. The van der Waals surface area contributed by atoms with E-state index < -0.39 is 0 Å². The molecule has 0 aliphatic carbocycles. The Kier molecular flexibility index (Phi) is 3.20. The molecule has 0 saturated heterocycles. The summed E-state index contributed by atoms with van der Waals surface area (Å²) in [6.07, 6.45) is 0. The molecule has 0 aliphatic rings. The molecule has 0 saturated carbocycles. The molecule has 0 aliphatic heterocycles. The Morgan fingerprint density at radius 1 is 1.24 bits per heavy atom. The number of nitrogen functional groups attached to an aromatic ring is 1. The minimum absolute atomic E-state index is 0.0210. The van der Waals surface area contributed by atoms with Crippen LogP contribution in [-0.2, 0) is 6.54 Å². The number of halogens is 1. The molecule has 0 fully saturated rings. The number of Topliss-reactive ketones (excluding diaryl/α,β-unsaturated/α-hetero) is 1. The Morgan fingerprint density at radius 3 is 2.41 bits per heavy atom. The normalized spacial score (nSPS) is 10.5. The van der Waals surface area contributed by atoms with Gasteiger partial charge in [0, 0.05) is 16.3 Å². The van der Waals surface area contributed by atoms with Crippen LogP contribution in [0.15, 0.2) is 36.4 Å². The second kappa shape index (κ2) is 4.63. The number of aryl methyl sites for hydroxylation is 1. The zero-order valence-electron chi connectivity index (χ0n) is 9.48. The van der Waals surface area contributed by atoms with Crippen LogP contribution >= 0.6 is 11.6 Å². The van der Waals surface area contributed by atoms with Gasteiger partial charge < -0.3 is 10.3 Å². The average Bonchev–Trinajstić information content (AvgIpc) is 2.61. The predicted molar refractivity (Wildman–Crippen MR) is 69.4 cm³/mol. The first kappa shape index (κ1) is 11.7. The number of nitrogens with two attached hydrogens (primary N) is 1. The molecule has 2 aromatic rings. The van der Waals surface area contributed by atoms with E-state index >= 15 is 0 Å². The summed E-state index contributed by atoms with van der Waals surface area (Å²) in [5.41, 5.74) is 7.40. The van der Waals surface area contributed by atoms with Crippen LogP contribution in [0, 0.1) is 6.92 Å². The highest BCUT2D eigenvalue weighted by atomic mass is 35.5. The van der Waals surface area contributed by atoms with Gasteiger partial charge in [0.25, 0.3) is 0 Å². The summed E-state index contributed by atoms with van der Waals surface area (Å²) in [7, 11) is 0. The molecular formula is C13H13ClN2O. The number of rotatable bonds is 3. The number of benzene rings is 1. The number of aromatic nitrogens is 1. The van der Waals surface area contributed by atoms with E-state index in [1.807, 2.05) is 13.0 Å². The van der Waals surface area contributed by atoms with Crippen LogP contribution in [-0.4, -0.2) is 10.4 Å². The van der Waals surface area contributed by atoms with Gasteiger partial charge in [-0.15, -0.1) is 0 Å². The van der Waals surface area contributed by atoms with Gasteiger partial charge in [-0.25, -0.2) is 0 Å². The van der Waals surface area contributed by atoms with Gasteiger partial charge in [0.05, 0.1) is 6.54 Å². The zero-order valence-corrected chi connectivity index (χ0v) is 10.2. The quantitative estimate of drug-likeness (QED) is 0.849. The number of hydrogen-bond donors (Lipinski definition) is 1. The molecule has 1 heterocycles. The third kappa shape index (κ3) is 2.50. The van der Waals surface area contributed by atoms with Crippen molar-refractivity contribution in [3.63, 3.8) is 0 Å². The van der Waals surface area contributed by atoms with Crippen LogP contribution < -0.4 is 5.73 Å². The molecular weight excluding hydrogens is 236 g/mol. The Labute approximate surface area is 105 Å². The second-order valence-electron chi connectivity index (χ2n) is 3.92. The minimum Gasteiger partial charge on any atom is -0.385 e. The summed E-state index contributed by atoms with van der Waals surface area (Å²) in [5.74, 6) is 0.623. The zero-order chi connectivity index (χ0) is 12.4. The molecule has 0 atom stereocenters. The van der Waals surface area contributed by atoms with Gasteiger partial charge >= 0.3 is 0 Å². The maximum absolute atomic E-state index is 12.0. The van der Waals surface area contributed by atoms with Crippen molar-refractivity contribution in [1.29, 1.82) is 0 Å². The summed E-state index contributed by atoms with van der Waals surface area (Å²) in [6, 6.07) is 10.6. The van der Waals surface area contributed by atoms with E-state index in [9.17, 15) is 4.79 Å². The van der Waals surface area contributed by atoms with Crippen molar-refractivity contribution in [1.82, 2.24) is 4.57 Å². The molecule has 2 N–H and O–H groups in total. The molecule has 88 valence electrons. The van der Waals surface area contributed by atoms with Crippen LogP contribution in [0.1, 0.15) is 16.1 Å². The lowest BCUT2D eigenvalue weighted by Crippen LogP contribution is -2.13. The van der Waals surface area contributed by atoms with Crippen molar-refractivity contribution in [2.24, 2.45) is 0 Å². The number of carbonyl (C=O) groups is 1. The van der Waals surface area contributed by atoms with Crippen LogP contribution in [0.3, 0.4) is 0 Å². The van der Waals surface area contributed by atoms with E-state index in [1.54, 1.807) is 34.9 Å². The highest BCUT2D eigenvalue weighted by Gasteiger charge is 2.09. The number of ketones is 1. The largest absolute Gasteiger partial charge is 0.385 e. The standard InChI is InChI=1S/C13H13ClN2O/c1-9-2-7-13(15)16(9)8-12(17)10-3-5-11(14)6-4-10/h2-7H,8,15H2,1H3. The Bertz CT molecular complexity index is 524. The molecule has 1 aromatic heterocycles. The lowest BCUT2D eigenvalue weighted by Gasteiger charge is -2.08. The van der Waals surface area contributed by atoms with Crippen molar-refractivity contribution in [3.8, 4) is 0 Å². The first-order chi connectivity index (χ1) is 8.08. The second-order valence-corrected chi connectivity index (χ2v) is 4.35. The van der Waals surface area contributed by atoms with Crippen molar-refractivity contribution >= 4 is 23.2 Å². The molecule has 3 nitrogen and oxygen atoms in total. The molecule has 1 aromatic carbocycles. The first-order valence-electron chi connectivity index (χ1n) is 5.28. The third-order valence-electron chi connectivity index (χ3n) is 2.70. The highest BCUT2D eigenvalue weighted by molar-refractivity contribution is 6.30. The van der Waals surface area contributed by atoms with Gasteiger partial charge in [0.15, 0.2) is 5.78 Å². The molecule has 4 heteroatoms. The summed E-state index contributed by atoms with van der Waals surface area (Å²) >= 11 is 5.77. The summed E-state index contributed by atoms with van der Waals surface area (Å²) in [5, 5.41) is 0.623. The monoisotopic (exact) mass is 248 g/mol. The van der Waals surface area contributed by atoms with Crippen LogP contribution in [0.5, 0.6) is 0 Å². The predicted octanol–water partition coefficient (Wildman–Crippen LogP) is 2.92. The number of anilines is 1. The smallest absolute Gasteiger partial charge is 0.182 e. The maximum atomic E-state index is 12.0. The first-order valence-corrected chi connectivity index (χ1v) is 5.66. The third-order valence-corrected chi connectivity index (χ3v) is 2.95. The lowest BCUT2D eigenvalue weighted by atomic mass is 10.1. The van der Waals surface area contributed by atoms with Crippen LogP contribution in [0.2, 0.25) is 5.02 Å². The molecule has 0 radical (unpaired) electrons. The Hall–Kier alpha value is -1.74. The van der Waals surface area contributed by atoms with E-state index in [4.69, 9.17) is 17.3 Å². The SMILES string of the molecule is Cc1ccc(N)n1CC(=O)c1ccc(Cl)cc1. The van der Waals surface area contributed by atoms with Crippen molar-refractivity contribution in [3.05, 3.63) is 52.7 Å². The van der Waals surface area contributed by atoms with Gasteiger partial charge in [-0.2, -0.15) is 0 Å². The van der Waals surface area contributed by atoms with Gasteiger partial charge in [-0.1, -0.05) is 11.6 Å². The highest BCUT2D eigenvalue weighted by Crippen LogP contribution is 2.14. The lowest BCUT2D eigenvalue weighted by molar-refractivity contribution is 0.0972. The van der Waals surface area contributed by atoms with Gasteiger partial charge in [-0.05, 0) is 43.3 Å². The minimum atomic E-state index is 0.0210. The molecule has 17 heavy (non-hydrogen) atoms. The fourth-order valence-electron chi connectivity index (χ4n) is 1.68. The summed E-state index contributed by atoms with van der Waals surface area (Å²) in [4.78, 5) is 12.0. The topological polar surface area (TPSA) is 48.0 Å². The molecule has 2 rings (SSSR count). The van der Waals surface area contributed by atoms with Gasteiger partial charge in [0.2, 0.25) is 0 Å². The average molecular weight is 249 g/mol. The van der Waals surface area contributed by atoms with E-state index in [0.717, 1.165) is 5.69 Å². The van der Waals surface area contributed by atoms with Crippen LogP contribution in [0.4, 0.5) is 5.82 Å². The maximum Gasteiger partial charge on any atom is 0.182 e. The van der Waals surface area contributed by atoms with E-state index in [2.05, 4.69) is 0 Å². The molecule has 0 spiro atoms. The van der Waals surface area contributed by atoms with Crippen molar-refractivity contribution < 1.29 is 4.79 Å².